The van der Waals surface area contributed by atoms with Crippen molar-refractivity contribution >= 4 is 40.5 Å². The van der Waals surface area contributed by atoms with Gasteiger partial charge in [-0.15, -0.1) is 0 Å². The van der Waals surface area contributed by atoms with E-state index in [2.05, 4.69) is 10.3 Å². The van der Waals surface area contributed by atoms with Crippen LogP contribution in [-0.4, -0.2) is 28.9 Å². The quantitative estimate of drug-likeness (QED) is 0.866. The van der Waals surface area contributed by atoms with E-state index in [4.69, 9.17) is 23.2 Å². The van der Waals surface area contributed by atoms with Gasteiger partial charge in [-0.1, -0.05) is 29.3 Å². The minimum Gasteiger partial charge on any atom is -0.353 e. The molecular weight excluding hydrogens is 321 g/mol. The number of carbonyl (C=O) groups is 1. The molecule has 0 atom stereocenters. The Bertz CT molecular complexity index is 672. The average molecular weight is 338 g/mol. The number of aromatic nitrogens is 1. The van der Waals surface area contributed by atoms with Gasteiger partial charge in [0.1, 0.15) is 0 Å². The van der Waals surface area contributed by atoms with Crippen LogP contribution in [-0.2, 0) is 0 Å². The third kappa shape index (κ3) is 3.70. The van der Waals surface area contributed by atoms with Crippen molar-refractivity contribution in [2.24, 2.45) is 0 Å². The summed E-state index contributed by atoms with van der Waals surface area (Å²) in [6.07, 6.45) is 3.20. The molecule has 1 heterocycles. The fraction of sp³-hybridized carbons (Fsp3) is 0.250. The van der Waals surface area contributed by atoms with Gasteiger partial charge in [0, 0.05) is 19.3 Å². The lowest BCUT2D eigenvalue weighted by atomic mass is 10.2. The predicted molar refractivity (Wildman–Crippen MR) is 91.2 cm³/mol. The highest BCUT2D eigenvalue weighted by Gasteiger charge is 2.13. The highest BCUT2D eigenvalue weighted by Crippen LogP contribution is 2.31. The smallest absolute Gasteiger partial charge is 0.255 e. The Labute approximate surface area is 140 Å². The Morgan fingerprint density at radius 2 is 1.95 bits per heavy atom. The van der Waals surface area contributed by atoms with Crippen LogP contribution < -0.4 is 5.32 Å². The number of carbonyl (C=O) groups excluding carboxylic acids is 1. The van der Waals surface area contributed by atoms with Gasteiger partial charge in [-0.2, -0.15) is 0 Å². The first-order chi connectivity index (χ1) is 10.6. The zero-order valence-electron chi connectivity index (χ0n) is 12.4. The van der Waals surface area contributed by atoms with Crippen LogP contribution in [0.4, 0.5) is 11.4 Å². The first-order valence-corrected chi connectivity index (χ1v) is 7.77. The number of amides is 1. The number of anilines is 2. The van der Waals surface area contributed by atoms with E-state index in [1.54, 1.807) is 35.5 Å². The molecule has 0 aliphatic rings. The maximum atomic E-state index is 12.3. The molecule has 4 nitrogen and oxygen atoms in total. The maximum Gasteiger partial charge on any atom is 0.255 e. The topological polar surface area (TPSA) is 45.2 Å². The molecule has 0 aliphatic heterocycles. The molecule has 0 aliphatic carbocycles. The van der Waals surface area contributed by atoms with Gasteiger partial charge in [0.05, 0.1) is 33.2 Å². The molecule has 2 aromatic rings. The van der Waals surface area contributed by atoms with Crippen LogP contribution in [0, 0.1) is 0 Å². The Morgan fingerprint density at radius 1 is 1.23 bits per heavy atom. The molecule has 0 bridgehead atoms. The summed E-state index contributed by atoms with van der Waals surface area (Å²) < 4.78 is 0. The normalized spacial score (nSPS) is 10.4. The van der Waals surface area contributed by atoms with Crippen molar-refractivity contribution in [3.05, 3.63) is 52.3 Å². The maximum absolute atomic E-state index is 12.3. The minimum atomic E-state index is -0.0432. The van der Waals surface area contributed by atoms with Gasteiger partial charge < -0.3 is 10.2 Å². The number of pyridine rings is 1. The molecule has 1 N–H and O–H groups in total. The van der Waals surface area contributed by atoms with Crippen molar-refractivity contribution in [1.29, 1.82) is 0 Å². The second kappa shape index (κ2) is 7.47. The van der Waals surface area contributed by atoms with Crippen molar-refractivity contribution in [2.45, 2.75) is 13.8 Å². The van der Waals surface area contributed by atoms with Crippen molar-refractivity contribution in [3.63, 3.8) is 0 Å². The van der Waals surface area contributed by atoms with Crippen molar-refractivity contribution in [3.8, 4) is 0 Å². The fourth-order valence-electron chi connectivity index (χ4n) is 2.07. The lowest BCUT2D eigenvalue weighted by Crippen LogP contribution is -2.30. The highest BCUT2D eigenvalue weighted by molar-refractivity contribution is 6.43. The number of rotatable bonds is 5. The SMILES string of the molecule is CCN(CC)C(=O)c1cncc(Nc2cccc(Cl)c2Cl)c1. The highest BCUT2D eigenvalue weighted by atomic mass is 35.5. The van der Waals surface area contributed by atoms with Gasteiger partial charge in [-0.25, -0.2) is 0 Å². The monoisotopic (exact) mass is 337 g/mol. The largest absolute Gasteiger partial charge is 0.353 e. The van der Waals surface area contributed by atoms with Gasteiger partial charge in [0.2, 0.25) is 0 Å². The molecular formula is C16H17Cl2N3O. The van der Waals surface area contributed by atoms with Crippen LogP contribution in [0.2, 0.25) is 10.0 Å². The molecule has 0 saturated heterocycles. The van der Waals surface area contributed by atoms with E-state index in [1.807, 2.05) is 19.9 Å². The lowest BCUT2D eigenvalue weighted by molar-refractivity contribution is 0.0772. The molecule has 116 valence electrons. The summed E-state index contributed by atoms with van der Waals surface area (Å²) in [5.41, 5.74) is 1.89. The predicted octanol–water partition coefficient (Wildman–Crippen LogP) is 4.61. The van der Waals surface area contributed by atoms with E-state index in [0.29, 0.717) is 40.1 Å². The summed E-state index contributed by atoms with van der Waals surface area (Å²) in [5.74, 6) is -0.0432. The van der Waals surface area contributed by atoms with Gasteiger partial charge in [0.15, 0.2) is 0 Å². The third-order valence-electron chi connectivity index (χ3n) is 3.27. The number of benzene rings is 1. The first kappa shape index (κ1) is 16.6. The number of nitrogens with zero attached hydrogens (tertiary/aromatic N) is 2. The zero-order valence-corrected chi connectivity index (χ0v) is 13.9. The number of hydrogen-bond acceptors (Lipinski definition) is 3. The van der Waals surface area contributed by atoms with Gasteiger partial charge in [0.25, 0.3) is 5.91 Å². The minimum absolute atomic E-state index is 0.0432. The van der Waals surface area contributed by atoms with Crippen LogP contribution in [0.5, 0.6) is 0 Å². The van der Waals surface area contributed by atoms with E-state index in [0.717, 1.165) is 0 Å². The Kier molecular flexibility index (Phi) is 5.63. The van der Waals surface area contributed by atoms with Gasteiger partial charge in [-0.3, -0.25) is 9.78 Å². The standard InChI is InChI=1S/C16H17Cl2N3O/c1-3-21(4-2)16(22)11-8-12(10-19-9-11)20-14-7-5-6-13(17)15(14)18/h5-10,20H,3-4H2,1-2H3. The summed E-state index contributed by atoms with van der Waals surface area (Å²) in [6.45, 7) is 5.21. The molecule has 22 heavy (non-hydrogen) atoms. The van der Waals surface area contributed by atoms with Crippen molar-refractivity contribution in [2.75, 3.05) is 18.4 Å². The Balaban J connectivity index is 2.25. The van der Waals surface area contributed by atoms with E-state index >= 15 is 0 Å². The van der Waals surface area contributed by atoms with E-state index < -0.39 is 0 Å². The molecule has 0 saturated carbocycles. The summed E-state index contributed by atoms with van der Waals surface area (Å²) in [7, 11) is 0. The van der Waals surface area contributed by atoms with Gasteiger partial charge >= 0.3 is 0 Å². The van der Waals surface area contributed by atoms with Crippen molar-refractivity contribution in [1.82, 2.24) is 9.88 Å². The summed E-state index contributed by atoms with van der Waals surface area (Å²) >= 11 is 12.1. The summed E-state index contributed by atoms with van der Waals surface area (Å²) in [5, 5.41) is 4.04. The zero-order chi connectivity index (χ0) is 16.1. The van der Waals surface area contributed by atoms with Crippen molar-refractivity contribution < 1.29 is 4.79 Å². The van der Waals surface area contributed by atoms with Crippen LogP contribution in [0.3, 0.4) is 0 Å². The second-order valence-electron chi connectivity index (χ2n) is 4.67. The Hall–Kier alpha value is -1.78. The summed E-state index contributed by atoms with van der Waals surface area (Å²) in [6, 6.07) is 7.08. The average Bonchev–Trinajstić information content (AvgIpc) is 2.53. The van der Waals surface area contributed by atoms with Gasteiger partial charge in [-0.05, 0) is 32.0 Å². The molecule has 2 rings (SSSR count). The molecule has 6 heteroatoms. The Morgan fingerprint density at radius 3 is 2.64 bits per heavy atom. The molecule has 1 aromatic heterocycles. The molecule has 1 aromatic carbocycles. The lowest BCUT2D eigenvalue weighted by Gasteiger charge is -2.18. The molecule has 0 unspecified atom stereocenters. The number of hydrogen-bond donors (Lipinski definition) is 1. The van der Waals surface area contributed by atoms with Crippen LogP contribution >= 0.6 is 23.2 Å². The molecule has 0 fully saturated rings. The summed E-state index contributed by atoms with van der Waals surface area (Å²) in [4.78, 5) is 18.2. The van der Waals surface area contributed by atoms with Crippen LogP contribution in [0.25, 0.3) is 0 Å². The van der Waals surface area contributed by atoms with E-state index in [1.165, 1.54) is 0 Å². The van der Waals surface area contributed by atoms with Crippen LogP contribution in [0.15, 0.2) is 36.7 Å². The molecule has 1 amide bonds. The molecule has 0 radical (unpaired) electrons. The number of nitrogens with one attached hydrogen (secondary N) is 1. The fourth-order valence-corrected chi connectivity index (χ4v) is 2.42. The van der Waals surface area contributed by atoms with E-state index in [-0.39, 0.29) is 5.91 Å². The van der Waals surface area contributed by atoms with Crippen LogP contribution in [0.1, 0.15) is 24.2 Å². The third-order valence-corrected chi connectivity index (χ3v) is 4.09. The van der Waals surface area contributed by atoms with E-state index in [9.17, 15) is 4.79 Å². The second-order valence-corrected chi connectivity index (χ2v) is 5.45. The number of halogens is 2. The molecule has 0 spiro atoms. The first-order valence-electron chi connectivity index (χ1n) is 7.02.